The lowest BCUT2D eigenvalue weighted by atomic mass is 10.0. The van der Waals surface area contributed by atoms with Gasteiger partial charge in [0.2, 0.25) is 5.91 Å². The van der Waals surface area contributed by atoms with Crippen LogP contribution in [0, 0.1) is 0 Å². The summed E-state index contributed by atoms with van der Waals surface area (Å²) in [6.45, 7) is 7.01. The molecular formula is C19H26N4O. The third kappa shape index (κ3) is 3.03. The summed E-state index contributed by atoms with van der Waals surface area (Å²) in [4.78, 5) is 22.6. The number of fused-ring (bicyclic) bond motifs is 1. The molecule has 0 unspecified atom stereocenters. The van der Waals surface area contributed by atoms with Gasteiger partial charge in [-0.25, -0.2) is 4.98 Å². The van der Waals surface area contributed by atoms with E-state index in [4.69, 9.17) is 4.98 Å². The minimum atomic E-state index is 0.156. The van der Waals surface area contributed by atoms with E-state index in [-0.39, 0.29) is 5.91 Å². The van der Waals surface area contributed by atoms with Gasteiger partial charge in [-0.05, 0) is 18.1 Å². The molecule has 0 radical (unpaired) electrons. The van der Waals surface area contributed by atoms with Crippen LogP contribution in [0.25, 0.3) is 10.8 Å². The van der Waals surface area contributed by atoms with Gasteiger partial charge in [-0.2, -0.15) is 0 Å². The summed E-state index contributed by atoms with van der Waals surface area (Å²) in [7, 11) is 4.10. The second-order valence-electron chi connectivity index (χ2n) is 6.59. The van der Waals surface area contributed by atoms with Crippen LogP contribution in [-0.4, -0.2) is 56.1 Å². The molecule has 1 aromatic carbocycles. The van der Waals surface area contributed by atoms with Gasteiger partial charge in [0.05, 0.1) is 11.9 Å². The number of aromatic nitrogens is 1. The Kier molecular flexibility index (Phi) is 4.60. The van der Waals surface area contributed by atoms with Crippen molar-refractivity contribution < 1.29 is 4.79 Å². The Hall–Kier alpha value is -2.30. The van der Waals surface area contributed by atoms with Crippen molar-refractivity contribution in [1.82, 2.24) is 9.88 Å². The van der Waals surface area contributed by atoms with E-state index in [1.165, 1.54) is 16.3 Å². The van der Waals surface area contributed by atoms with E-state index in [1.54, 1.807) is 6.92 Å². The Morgan fingerprint density at radius 3 is 2.46 bits per heavy atom. The molecule has 1 saturated heterocycles. The molecule has 0 spiro atoms. The van der Waals surface area contributed by atoms with E-state index in [0.29, 0.717) is 0 Å². The summed E-state index contributed by atoms with van der Waals surface area (Å²) in [5, 5.41) is 2.44. The number of anilines is 2. The predicted molar refractivity (Wildman–Crippen MR) is 99.9 cm³/mol. The number of aryl methyl sites for hydroxylation is 1. The normalized spacial score (nSPS) is 15.0. The molecule has 1 amide bonds. The maximum absolute atomic E-state index is 11.5. The highest BCUT2D eigenvalue weighted by molar-refractivity contribution is 6.00. The number of benzene rings is 1. The van der Waals surface area contributed by atoms with Gasteiger partial charge in [-0.15, -0.1) is 0 Å². The smallest absolute Gasteiger partial charge is 0.219 e. The number of rotatable bonds is 3. The molecule has 0 N–H and O–H groups in total. The first-order chi connectivity index (χ1) is 11.5. The van der Waals surface area contributed by atoms with Crippen LogP contribution in [0.15, 0.2) is 24.4 Å². The number of pyridine rings is 1. The van der Waals surface area contributed by atoms with Gasteiger partial charge in [0.1, 0.15) is 5.82 Å². The maximum atomic E-state index is 11.5. The summed E-state index contributed by atoms with van der Waals surface area (Å²) >= 11 is 0. The highest BCUT2D eigenvalue weighted by atomic mass is 16.2. The zero-order valence-corrected chi connectivity index (χ0v) is 15.0. The third-order valence-electron chi connectivity index (χ3n) is 4.82. The Bertz CT molecular complexity index is 748. The van der Waals surface area contributed by atoms with Crippen LogP contribution >= 0.6 is 0 Å². The Labute approximate surface area is 143 Å². The van der Waals surface area contributed by atoms with Crippen molar-refractivity contribution in [2.45, 2.75) is 20.3 Å². The number of carbonyl (C=O) groups is 1. The van der Waals surface area contributed by atoms with E-state index in [2.05, 4.69) is 49.0 Å². The minimum Gasteiger partial charge on any atom is -0.376 e. The number of hydrogen-bond acceptors (Lipinski definition) is 4. The topological polar surface area (TPSA) is 39.7 Å². The zero-order chi connectivity index (χ0) is 17.3. The largest absolute Gasteiger partial charge is 0.376 e. The second kappa shape index (κ2) is 6.67. The monoisotopic (exact) mass is 326 g/mol. The highest BCUT2D eigenvalue weighted by Gasteiger charge is 2.22. The molecule has 3 rings (SSSR count). The zero-order valence-electron chi connectivity index (χ0n) is 15.0. The third-order valence-corrected chi connectivity index (χ3v) is 4.82. The summed E-state index contributed by atoms with van der Waals surface area (Å²) < 4.78 is 0. The molecule has 1 aliphatic heterocycles. The van der Waals surface area contributed by atoms with Crippen LogP contribution < -0.4 is 9.80 Å². The van der Waals surface area contributed by atoms with E-state index >= 15 is 0 Å². The molecule has 128 valence electrons. The Morgan fingerprint density at radius 1 is 1.17 bits per heavy atom. The SMILES string of the molecule is CCc1ccc2c(N(C)C)cnc(N3CCN(C(C)=O)CC3)c2c1. The lowest BCUT2D eigenvalue weighted by molar-refractivity contribution is -0.129. The van der Waals surface area contributed by atoms with Crippen LogP contribution in [-0.2, 0) is 11.2 Å². The van der Waals surface area contributed by atoms with Crippen LogP contribution in [0.3, 0.4) is 0 Å². The van der Waals surface area contributed by atoms with Crippen LogP contribution in [0.1, 0.15) is 19.4 Å². The second-order valence-corrected chi connectivity index (χ2v) is 6.59. The van der Waals surface area contributed by atoms with Gasteiger partial charge in [0, 0.05) is 58.0 Å². The number of hydrogen-bond donors (Lipinski definition) is 0. The van der Waals surface area contributed by atoms with Gasteiger partial charge in [0.15, 0.2) is 0 Å². The Morgan fingerprint density at radius 2 is 1.88 bits per heavy atom. The van der Waals surface area contributed by atoms with Gasteiger partial charge in [-0.1, -0.05) is 19.1 Å². The number of amides is 1. The molecule has 24 heavy (non-hydrogen) atoms. The van der Waals surface area contributed by atoms with Gasteiger partial charge in [0.25, 0.3) is 0 Å². The maximum Gasteiger partial charge on any atom is 0.219 e. The van der Waals surface area contributed by atoms with E-state index in [9.17, 15) is 4.79 Å². The summed E-state index contributed by atoms with van der Waals surface area (Å²) in [5.41, 5.74) is 2.46. The number of carbonyl (C=O) groups excluding carboxylic acids is 1. The van der Waals surface area contributed by atoms with Crippen molar-refractivity contribution >= 4 is 28.2 Å². The fourth-order valence-electron chi connectivity index (χ4n) is 3.32. The standard InChI is InChI=1S/C19H26N4O/c1-5-15-6-7-16-17(12-15)19(20-13-18(16)21(3)4)23-10-8-22(9-11-23)14(2)24/h6-7,12-13H,5,8-11H2,1-4H3. The first-order valence-electron chi connectivity index (χ1n) is 8.60. The van der Waals surface area contributed by atoms with Gasteiger partial charge in [-0.3, -0.25) is 4.79 Å². The van der Waals surface area contributed by atoms with Gasteiger partial charge >= 0.3 is 0 Å². The fourth-order valence-corrected chi connectivity index (χ4v) is 3.32. The lowest BCUT2D eigenvalue weighted by Crippen LogP contribution is -2.48. The summed E-state index contributed by atoms with van der Waals surface area (Å²) in [6.07, 6.45) is 2.97. The van der Waals surface area contributed by atoms with Crippen molar-refractivity contribution in [2.75, 3.05) is 50.1 Å². The molecular weight excluding hydrogens is 300 g/mol. The first-order valence-corrected chi connectivity index (χ1v) is 8.60. The van der Waals surface area contributed by atoms with Crippen LogP contribution in [0.4, 0.5) is 11.5 Å². The fraction of sp³-hybridized carbons (Fsp3) is 0.474. The predicted octanol–water partition coefficient (Wildman–Crippen LogP) is 2.53. The molecule has 5 heteroatoms. The summed E-state index contributed by atoms with van der Waals surface area (Å²) in [6, 6.07) is 6.68. The van der Waals surface area contributed by atoms with Crippen LogP contribution in [0.5, 0.6) is 0 Å². The van der Waals surface area contributed by atoms with Crippen LogP contribution in [0.2, 0.25) is 0 Å². The van der Waals surface area contributed by atoms with Crippen molar-refractivity contribution in [2.24, 2.45) is 0 Å². The molecule has 5 nitrogen and oxygen atoms in total. The molecule has 1 aliphatic rings. The molecule has 1 aromatic heterocycles. The quantitative estimate of drug-likeness (QED) is 0.869. The number of piperazine rings is 1. The van der Waals surface area contributed by atoms with Crippen molar-refractivity contribution in [3.8, 4) is 0 Å². The minimum absolute atomic E-state index is 0.156. The molecule has 1 fully saturated rings. The number of nitrogens with zero attached hydrogens (tertiary/aromatic N) is 4. The molecule has 0 aliphatic carbocycles. The average Bonchev–Trinajstić information content (AvgIpc) is 2.60. The Balaban J connectivity index is 2.02. The van der Waals surface area contributed by atoms with Gasteiger partial charge < -0.3 is 14.7 Å². The van der Waals surface area contributed by atoms with Crippen molar-refractivity contribution in [3.05, 3.63) is 30.0 Å². The van der Waals surface area contributed by atoms with E-state index in [1.807, 2.05) is 11.1 Å². The summed E-state index contributed by atoms with van der Waals surface area (Å²) in [5.74, 6) is 1.19. The van der Waals surface area contributed by atoms with Crippen molar-refractivity contribution in [1.29, 1.82) is 0 Å². The average molecular weight is 326 g/mol. The molecule has 0 saturated carbocycles. The lowest BCUT2D eigenvalue weighted by Gasteiger charge is -2.35. The molecule has 2 heterocycles. The van der Waals surface area contributed by atoms with E-state index in [0.717, 1.165) is 44.1 Å². The molecule has 0 bridgehead atoms. The first kappa shape index (κ1) is 16.6. The van der Waals surface area contributed by atoms with Crippen molar-refractivity contribution in [3.63, 3.8) is 0 Å². The highest BCUT2D eigenvalue weighted by Crippen LogP contribution is 2.32. The van der Waals surface area contributed by atoms with E-state index < -0.39 is 0 Å². The molecule has 2 aromatic rings. The molecule has 0 atom stereocenters.